The Labute approximate surface area is 108 Å². The molecule has 0 saturated heterocycles. The van der Waals surface area contributed by atoms with E-state index in [4.69, 9.17) is 0 Å². The summed E-state index contributed by atoms with van der Waals surface area (Å²) in [6.45, 7) is 2.98. The minimum absolute atomic E-state index is 0.856. The first-order valence-electron chi connectivity index (χ1n) is 5.19. The van der Waals surface area contributed by atoms with Crippen LogP contribution < -0.4 is 5.32 Å². The van der Waals surface area contributed by atoms with E-state index in [1.807, 2.05) is 17.9 Å². The van der Waals surface area contributed by atoms with Gasteiger partial charge >= 0.3 is 0 Å². The largest absolute Gasteiger partial charge is 0.377 e. The molecule has 0 aliphatic carbocycles. The highest BCUT2D eigenvalue weighted by atomic mass is 79.9. The maximum atomic E-state index is 4.39. The van der Waals surface area contributed by atoms with Gasteiger partial charge in [0, 0.05) is 24.7 Å². The van der Waals surface area contributed by atoms with Gasteiger partial charge in [0.15, 0.2) is 0 Å². The predicted octanol–water partition coefficient (Wildman–Crippen LogP) is 3.42. The summed E-state index contributed by atoms with van der Waals surface area (Å²) in [5.41, 5.74) is 2.26. The fourth-order valence-corrected chi connectivity index (χ4v) is 3.00. The standard InChI is InChI=1S/C11H14BrN3S/c1-3-9-10(7-15(2)14-9)13-6-8-4-5-11(12)16-8/h4-5,7,13H,3,6H2,1-2H3. The molecule has 2 heterocycles. The lowest BCUT2D eigenvalue weighted by Crippen LogP contribution is -1.98. The van der Waals surface area contributed by atoms with Gasteiger partial charge in [0.1, 0.15) is 0 Å². The van der Waals surface area contributed by atoms with Crippen molar-refractivity contribution in [1.29, 1.82) is 0 Å². The van der Waals surface area contributed by atoms with Gasteiger partial charge < -0.3 is 5.32 Å². The quantitative estimate of drug-likeness (QED) is 0.937. The smallest absolute Gasteiger partial charge is 0.0853 e. The second-order valence-corrected chi connectivity index (χ2v) is 6.12. The van der Waals surface area contributed by atoms with Crippen molar-refractivity contribution in [3.63, 3.8) is 0 Å². The van der Waals surface area contributed by atoms with Crippen molar-refractivity contribution in [3.05, 3.63) is 32.7 Å². The highest BCUT2D eigenvalue weighted by Gasteiger charge is 2.05. The van der Waals surface area contributed by atoms with E-state index in [9.17, 15) is 0 Å². The van der Waals surface area contributed by atoms with Crippen molar-refractivity contribution in [2.45, 2.75) is 19.9 Å². The van der Waals surface area contributed by atoms with Crippen LogP contribution in [0.2, 0.25) is 0 Å². The number of hydrogen-bond acceptors (Lipinski definition) is 3. The molecule has 0 bridgehead atoms. The van der Waals surface area contributed by atoms with Gasteiger partial charge in [0.2, 0.25) is 0 Å². The first-order valence-corrected chi connectivity index (χ1v) is 6.80. The molecule has 16 heavy (non-hydrogen) atoms. The average molecular weight is 300 g/mol. The summed E-state index contributed by atoms with van der Waals surface area (Å²) >= 11 is 5.22. The maximum absolute atomic E-state index is 4.39. The van der Waals surface area contributed by atoms with Crippen LogP contribution in [0, 0.1) is 0 Å². The van der Waals surface area contributed by atoms with Gasteiger partial charge in [-0.15, -0.1) is 11.3 Å². The average Bonchev–Trinajstić information content (AvgIpc) is 2.81. The summed E-state index contributed by atoms with van der Waals surface area (Å²) in [5.74, 6) is 0. The van der Waals surface area contributed by atoms with Crippen LogP contribution in [0.1, 0.15) is 17.5 Å². The lowest BCUT2D eigenvalue weighted by molar-refractivity contribution is 0.746. The van der Waals surface area contributed by atoms with Gasteiger partial charge in [-0.2, -0.15) is 5.10 Å². The molecule has 0 unspecified atom stereocenters. The predicted molar refractivity (Wildman–Crippen MR) is 71.9 cm³/mol. The van der Waals surface area contributed by atoms with Crippen LogP contribution in [0.5, 0.6) is 0 Å². The molecule has 0 saturated carbocycles. The second kappa shape index (κ2) is 5.01. The van der Waals surface area contributed by atoms with Crippen molar-refractivity contribution < 1.29 is 0 Å². The normalized spacial score (nSPS) is 10.7. The van der Waals surface area contributed by atoms with Crippen LogP contribution in [0.4, 0.5) is 5.69 Å². The SMILES string of the molecule is CCc1nn(C)cc1NCc1ccc(Br)s1. The van der Waals surface area contributed by atoms with E-state index in [0.29, 0.717) is 0 Å². The van der Waals surface area contributed by atoms with Crippen LogP contribution in [-0.2, 0) is 20.0 Å². The molecule has 2 rings (SSSR count). The van der Waals surface area contributed by atoms with Crippen LogP contribution >= 0.6 is 27.3 Å². The third-order valence-corrected chi connectivity index (χ3v) is 3.95. The van der Waals surface area contributed by atoms with Gasteiger partial charge in [0.25, 0.3) is 0 Å². The summed E-state index contributed by atoms with van der Waals surface area (Å²) in [5, 5.41) is 7.82. The van der Waals surface area contributed by atoms with Crippen molar-refractivity contribution in [1.82, 2.24) is 9.78 Å². The molecule has 5 heteroatoms. The minimum atomic E-state index is 0.856. The molecule has 1 N–H and O–H groups in total. The number of hydrogen-bond donors (Lipinski definition) is 1. The summed E-state index contributed by atoms with van der Waals surface area (Å²) < 4.78 is 3.03. The molecule has 0 aliphatic rings. The van der Waals surface area contributed by atoms with E-state index in [2.05, 4.69) is 45.4 Å². The van der Waals surface area contributed by atoms with Gasteiger partial charge in [-0.3, -0.25) is 4.68 Å². The molecule has 86 valence electrons. The van der Waals surface area contributed by atoms with Crippen molar-refractivity contribution in [2.24, 2.45) is 7.05 Å². The Morgan fingerprint density at radius 1 is 1.50 bits per heavy atom. The highest BCUT2D eigenvalue weighted by Crippen LogP contribution is 2.23. The molecule has 0 atom stereocenters. The van der Waals surface area contributed by atoms with Crippen molar-refractivity contribution >= 4 is 33.0 Å². The second-order valence-electron chi connectivity index (χ2n) is 3.58. The fraction of sp³-hybridized carbons (Fsp3) is 0.364. The molecule has 3 nitrogen and oxygen atoms in total. The first kappa shape index (κ1) is 11.7. The molecular formula is C11H14BrN3S. The zero-order chi connectivity index (χ0) is 11.5. The van der Waals surface area contributed by atoms with Crippen LogP contribution in [-0.4, -0.2) is 9.78 Å². The van der Waals surface area contributed by atoms with Crippen LogP contribution in [0.15, 0.2) is 22.1 Å². The Hall–Kier alpha value is -0.810. The van der Waals surface area contributed by atoms with Crippen molar-refractivity contribution in [3.8, 4) is 0 Å². The van der Waals surface area contributed by atoms with E-state index in [-0.39, 0.29) is 0 Å². The Balaban J connectivity index is 2.04. The van der Waals surface area contributed by atoms with Gasteiger partial charge in [-0.1, -0.05) is 6.92 Å². The summed E-state index contributed by atoms with van der Waals surface area (Å²) in [6.07, 6.45) is 2.98. The Kier molecular flexibility index (Phi) is 3.66. The topological polar surface area (TPSA) is 29.9 Å². The van der Waals surface area contributed by atoms with E-state index >= 15 is 0 Å². The lowest BCUT2D eigenvalue weighted by Gasteiger charge is -2.02. The van der Waals surface area contributed by atoms with Crippen LogP contribution in [0.25, 0.3) is 0 Å². The van der Waals surface area contributed by atoms with E-state index in [1.54, 1.807) is 11.3 Å². The van der Waals surface area contributed by atoms with Gasteiger partial charge in [-0.25, -0.2) is 0 Å². The molecule has 2 aromatic heterocycles. The minimum Gasteiger partial charge on any atom is -0.377 e. The van der Waals surface area contributed by atoms with Gasteiger partial charge in [0.05, 0.1) is 15.2 Å². The number of nitrogens with zero attached hydrogens (tertiary/aromatic N) is 2. The summed E-state index contributed by atoms with van der Waals surface area (Å²) in [4.78, 5) is 1.32. The maximum Gasteiger partial charge on any atom is 0.0853 e. The number of anilines is 1. The number of aromatic nitrogens is 2. The number of thiophene rings is 1. The van der Waals surface area contributed by atoms with Crippen molar-refractivity contribution in [2.75, 3.05) is 5.32 Å². The molecule has 0 spiro atoms. The van der Waals surface area contributed by atoms with Crippen LogP contribution in [0.3, 0.4) is 0 Å². The number of halogens is 1. The third-order valence-electron chi connectivity index (χ3n) is 2.32. The molecule has 2 aromatic rings. The number of aryl methyl sites for hydroxylation is 2. The zero-order valence-electron chi connectivity index (χ0n) is 9.33. The monoisotopic (exact) mass is 299 g/mol. The van der Waals surface area contributed by atoms with Gasteiger partial charge in [-0.05, 0) is 34.5 Å². The highest BCUT2D eigenvalue weighted by molar-refractivity contribution is 9.11. The molecule has 0 amide bonds. The lowest BCUT2D eigenvalue weighted by atomic mass is 10.3. The molecule has 0 aliphatic heterocycles. The molecular weight excluding hydrogens is 286 g/mol. The summed E-state index contributed by atoms with van der Waals surface area (Å²) in [7, 11) is 1.95. The summed E-state index contributed by atoms with van der Waals surface area (Å²) in [6, 6.07) is 4.20. The fourth-order valence-electron chi connectivity index (χ4n) is 1.57. The first-order chi connectivity index (χ1) is 7.69. The Bertz CT molecular complexity index is 475. The third kappa shape index (κ3) is 2.65. The van der Waals surface area contributed by atoms with E-state index in [1.165, 1.54) is 8.66 Å². The Morgan fingerprint density at radius 3 is 2.94 bits per heavy atom. The van der Waals surface area contributed by atoms with E-state index in [0.717, 1.165) is 24.3 Å². The number of rotatable bonds is 4. The number of nitrogens with one attached hydrogen (secondary N) is 1. The zero-order valence-corrected chi connectivity index (χ0v) is 11.7. The molecule has 0 radical (unpaired) electrons. The Morgan fingerprint density at radius 2 is 2.31 bits per heavy atom. The molecule has 0 aromatic carbocycles. The van der Waals surface area contributed by atoms with E-state index < -0.39 is 0 Å². The molecule has 0 fully saturated rings.